The van der Waals surface area contributed by atoms with Crippen molar-refractivity contribution in [2.24, 2.45) is 0 Å². The van der Waals surface area contributed by atoms with Crippen molar-refractivity contribution in [3.8, 4) is 11.1 Å². The van der Waals surface area contributed by atoms with Crippen molar-refractivity contribution in [3.05, 3.63) is 64.4 Å². The molecule has 0 aliphatic carbocycles. The van der Waals surface area contributed by atoms with Gasteiger partial charge in [0.2, 0.25) is 0 Å². The maximum atomic E-state index is 13.8. The van der Waals surface area contributed by atoms with Crippen LogP contribution in [0.2, 0.25) is 0 Å². The van der Waals surface area contributed by atoms with E-state index in [9.17, 15) is 19.5 Å². The Kier molecular flexibility index (Phi) is 7.14. The molecule has 4 aromatic rings. The van der Waals surface area contributed by atoms with Gasteiger partial charge in [-0.1, -0.05) is 0 Å². The molecule has 0 spiro atoms. The molecule has 1 aromatic carbocycles. The molecule has 5 heterocycles. The van der Waals surface area contributed by atoms with Gasteiger partial charge >= 0.3 is 238 Å². The van der Waals surface area contributed by atoms with E-state index >= 15 is 0 Å². The number of anilines is 1. The minimum atomic E-state index is -0.603. The van der Waals surface area contributed by atoms with Crippen LogP contribution in [0.1, 0.15) is 42.1 Å². The van der Waals surface area contributed by atoms with Crippen LogP contribution >= 0.6 is 15.9 Å². The molecule has 0 radical (unpaired) electrons. The van der Waals surface area contributed by atoms with Gasteiger partial charge < -0.3 is 5.11 Å². The number of hydrogen-bond acceptors (Lipinski definition) is 8. The summed E-state index contributed by atoms with van der Waals surface area (Å²) in [6.07, 6.45) is 3.84. The van der Waals surface area contributed by atoms with Crippen molar-refractivity contribution in [2.45, 2.75) is 53.9 Å². The molecule has 3 atom stereocenters. The zero-order chi connectivity index (χ0) is 29.1. The molecule has 0 saturated carbocycles. The second kappa shape index (κ2) is 10.5. The van der Waals surface area contributed by atoms with Crippen LogP contribution in [-0.2, 0) is 22.7 Å². The zero-order valence-electron chi connectivity index (χ0n) is 22.4. The van der Waals surface area contributed by atoms with E-state index in [1.54, 1.807) is 22.0 Å². The number of aliphatic hydroxyl groups is 1. The van der Waals surface area contributed by atoms with Gasteiger partial charge in [-0.2, -0.15) is 0 Å². The Morgan fingerprint density at radius 1 is 1.17 bits per heavy atom. The number of rotatable bonds is 7. The second-order valence-electron chi connectivity index (χ2n) is 10.4. The Morgan fingerprint density at radius 2 is 1.93 bits per heavy atom. The number of benzene rings is 1. The number of alkyl halides is 2. The normalized spacial score (nSPS) is 21.3. The summed E-state index contributed by atoms with van der Waals surface area (Å²) < 4.78 is 2.26. The summed E-state index contributed by atoms with van der Waals surface area (Å²) in [5, 5.41) is 17.3. The number of halogens is 2. The first-order valence-corrected chi connectivity index (χ1v) is 16.0. The van der Waals surface area contributed by atoms with Crippen molar-refractivity contribution < 1.29 is 40.7 Å². The fourth-order valence-electron chi connectivity index (χ4n) is 5.21. The van der Waals surface area contributed by atoms with Crippen molar-refractivity contribution >= 4 is 50.2 Å². The van der Waals surface area contributed by atoms with Gasteiger partial charge in [-0.25, -0.2) is 0 Å². The van der Waals surface area contributed by atoms with E-state index in [4.69, 9.17) is 0 Å². The number of ketones is 1. The van der Waals surface area contributed by atoms with Gasteiger partial charge in [0.1, 0.15) is 6.61 Å². The summed E-state index contributed by atoms with van der Waals surface area (Å²) in [7, 11) is 0. The Labute approximate surface area is 254 Å². The average Bonchev–Trinajstić information content (AvgIpc) is 3.32. The first-order valence-electron chi connectivity index (χ1n) is 12.9. The van der Waals surface area contributed by atoms with Crippen molar-refractivity contribution in [2.75, 3.05) is 5.32 Å². The summed E-state index contributed by atoms with van der Waals surface area (Å²) in [6, 6.07) is 8.59. The quantitative estimate of drug-likeness (QED) is 0.0896. The van der Waals surface area contributed by atoms with E-state index in [2.05, 4.69) is 48.2 Å². The van der Waals surface area contributed by atoms with Gasteiger partial charge in [0.15, 0.2) is 5.82 Å². The predicted molar refractivity (Wildman–Crippen MR) is 149 cm³/mol. The van der Waals surface area contributed by atoms with Crippen LogP contribution in [-0.4, -0.2) is 65.8 Å². The van der Waals surface area contributed by atoms with Gasteiger partial charge in [-0.05, 0) is 0 Å². The molecule has 3 aromatic heterocycles. The van der Waals surface area contributed by atoms with E-state index in [0.29, 0.717) is 33.6 Å². The Hall–Kier alpha value is -3.30. The van der Waals surface area contributed by atoms with E-state index in [1.807, 2.05) is 37.3 Å². The number of carbonyl (C=O) groups is 3. The number of carbonyl (C=O) groups excluding carboxylic acids is 3. The number of aromatic nitrogens is 5. The number of aryl methyl sites for hydroxylation is 1. The standard InChI is InChI=1S/C28H26BrIN7O4/c1-14-4-7-21(29)33-25(14)34-26(41)20-9-28(3)27(30-28)37(20)23(40)12-36-19-6-5-16(8-18(19)24(35-36)15(2)39)17-10-31-22(13-38)32-11-17/h4-8,10-11,20,27,38H,9,12-13H2,1-3H3,(H,33,34,41)/q-1/t20-,27-,28+/m0/s1. The van der Waals surface area contributed by atoms with Crippen LogP contribution in [0.25, 0.3) is 22.0 Å². The predicted octanol–water partition coefficient (Wildman–Crippen LogP) is 0.0811. The molecule has 2 aliphatic heterocycles. The van der Waals surface area contributed by atoms with Crippen molar-refractivity contribution in [3.63, 3.8) is 0 Å². The number of pyridine rings is 1. The fourth-order valence-corrected chi connectivity index (χ4v) is 8.91. The van der Waals surface area contributed by atoms with Crippen LogP contribution in [0, 0.1) is 6.92 Å². The number of Topliss-reactive ketones (excluding diaryl/α,β-unsaturated/α-hetero) is 1. The van der Waals surface area contributed by atoms with Crippen LogP contribution in [0.5, 0.6) is 0 Å². The number of fused-ring (bicyclic) bond motifs is 2. The Bertz CT molecular complexity index is 1730. The van der Waals surface area contributed by atoms with Gasteiger partial charge in [-0.15, -0.1) is 0 Å². The van der Waals surface area contributed by atoms with Crippen LogP contribution in [0.4, 0.5) is 5.82 Å². The number of aliphatic hydroxyl groups excluding tert-OH is 1. The third-order valence-corrected chi connectivity index (χ3v) is 12.2. The Morgan fingerprint density at radius 3 is 2.63 bits per heavy atom. The molecule has 13 heteroatoms. The van der Waals surface area contributed by atoms with E-state index in [-0.39, 0.29) is 65.1 Å². The summed E-state index contributed by atoms with van der Waals surface area (Å²) in [5.41, 5.74) is 3.24. The van der Waals surface area contributed by atoms with Crippen LogP contribution < -0.4 is 26.5 Å². The summed E-state index contributed by atoms with van der Waals surface area (Å²) in [5.74, 6) is 0.108. The van der Waals surface area contributed by atoms with Gasteiger partial charge in [0, 0.05) is 0 Å². The Balaban J connectivity index is 1.28. The molecule has 11 nitrogen and oxygen atoms in total. The molecule has 0 bridgehead atoms. The first kappa shape index (κ1) is 27.8. The zero-order valence-corrected chi connectivity index (χ0v) is 26.2. The molecule has 2 saturated heterocycles. The summed E-state index contributed by atoms with van der Waals surface area (Å²) in [4.78, 5) is 54.2. The molecule has 6 rings (SSSR count). The molecule has 2 fully saturated rings. The number of nitrogens with one attached hydrogen (secondary N) is 1. The molecular formula is C28H26BrIN7O4-. The average molecular weight is 731 g/mol. The fraction of sp³-hybridized carbons (Fsp3) is 0.321. The molecule has 2 aliphatic rings. The number of nitrogens with zero attached hydrogens (tertiary/aromatic N) is 6. The minimum absolute atomic E-state index is 0.00949. The molecule has 212 valence electrons. The number of likely N-dealkylation sites (tertiary alicyclic amines) is 1. The van der Waals surface area contributed by atoms with Crippen LogP contribution in [0.3, 0.4) is 0 Å². The first-order chi connectivity index (χ1) is 19.6. The maximum absolute atomic E-state index is 13.8. The van der Waals surface area contributed by atoms with Gasteiger partial charge in [0.25, 0.3) is 0 Å². The second-order valence-corrected chi connectivity index (χ2v) is 15.5. The third kappa shape index (κ3) is 5.14. The monoisotopic (exact) mass is 730 g/mol. The van der Waals surface area contributed by atoms with Crippen LogP contribution in [0.15, 0.2) is 47.3 Å². The number of hydrogen-bond donors (Lipinski definition) is 2. The summed E-state index contributed by atoms with van der Waals surface area (Å²) in [6.45, 7) is 5.12. The topological polar surface area (TPSA) is 143 Å². The van der Waals surface area contributed by atoms with E-state index in [1.165, 1.54) is 6.92 Å². The molecular weight excluding hydrogens is 705 g/mol. The third-order valence-electron chi connectivity index (χ3n) is 7.42. The van der Waals surface area contributed by atoms with Crippen molar-refractivity contribution in [1.82, 2.24) is 29.6 Å². The van der Waals surface area contributed by atoms with Gasteiger partial charge in [-0.3, -0.25) is 0 Å². The van der Waals surface area contributed by atoms with Crippen molar-refractivity contribution in [1.29, 1.82) is 0 Å². The SMILES string of the molecule is CC(=O)c1nn(CC(=O)N2[C@H](C(=O)Nc3nc(Br)ccc3C)C[C@@]3(C)[I-][C@@H]23)c2ccc(-c3cnc(CO)nc3)cc12. The molecule has 41 heavy (non-hydrogen) atoms. The van der Waals surface area contributed by atoms with Gasteiger partial charge in [0.05, 0.1) is 0 Å². The molecule has 0 unspecified atom stereocenters. The number of amides is 2. The van der Waals surface area contributed by atoms with E-state index < -0.39 is 6.04 Å². The molecule has 2 N–H and O–H groups in total. The summed E-state index contributed by atoms with van der Waals surface area (Å²) >= 11 is 3.11. The molecule has 2 amide bonds. The van der Waals surface area contributed by atoms with E-state index in [0.717, 1.165) is 16.7 Å².